The van der Waals surface area contributed by atoms with E-state index in [-0.39, 0.29) is 31.1 Å². The number of esters is 3. The zero-order valence-electron chi connectivity index (χ0n) is 42.3. The molecule has 6 nitrogen and oxygen atoms in total. The molecular formula is C58H102O6. The lowest BCUT2D eigenvalue weighted by Gasteiger charge is -2.18. The minimum atomic E-state index is -0.777. The van der Waals surface area contributed by atoms with E-state index in [9.17, 15) is 14.4 Å². The summed E-state index contributed by atoms with van der Waals surface area (Å²) in [5.74, 6) is -0.906. The number of hydrogen-bond acceptors (Lipinski definition) is 6. The van der Waals surface area contributed by atoms with Gasteiger partial charge in [-0.1, -0.05) is 229 Å². The number of carbonyl (C=O) groups excluding carboxylic acids is 3. The fraction of sp³-hybridized carbons (Fsp3) is 0.776. The van der Waals surface area contributed by atoms with Crippen LogP contribution in [0.1, 0.15) is 271 Å². The molecule has 0 amide bonds. The van der Waals surface area contributed by atoms with E-state index in [1.165, 1.54) is 128 Å². The van der Waals surface area contributed by atoms with Gasteiger partial charge in [-0.2, -0.15) is 0 Å². The van der Waals surface area contributed by atoms with Crippen molar-refractivity contribution in [2.24, 2.45) is 0 Å². The lowest BCUT2D eigenvalue weighted by Crippen LogP contribution is -2.30. The molecule has 0 saturated heterocycles. The maximum absolute atomic E-state index is 12.7. The van der Waals surface area contributed by atoms with Crippen LogP contribution < -0.4 is 0 Å². The van der Waals surface area contributed by atoms with Crippen molar-refractivity contribution >= 4 is 17.9 Å². The van der Waals surface area contributed by atoms with E-state index in [0.717, 1.165) is 103 Å². The van der Waals surface area contributed by atoms with Crippen molar-refractivity contribution in [3.05, 3.63) is 60.8 Å². The van der Waals surface area contributed by atoms with E-state index in [2.05, 4.69) is 81.5 Å². The number of hydrogen-bond donors (Lipinski definition) is 0. The average Bonchev–Trinajstić information content (AvgIpc) is 3.29. The first kappa shape index (κ1) is 61.1. The number of unbranched alkanes of at least 4 members (excludes halogenated alkanes) is 28. The van der Waals surface area contributed by atoms with Crippen LogP contribution in [0.5, 0.6) is 0 Å². The molecule has 0 N–H and O–H groups in total. The molecule has 64 heavy (non-hydrogen) atoms. The number of ether oxygens (including phenoxy) is 3. The van der Waals surface area contributed by atoms with E-state index < -0.39 is 6.10 Å². The van der Waals surface area contributed by atoms with Crippen molar-refractivity contribution in [3.8, 4) is 0 Å². The summed E-state index contributed by atoms with van der Waals surface area (Å²) in [6.07, 6.45) is 65.4. The van der Waals surface area contributed by atoms with Gasteiger partial charge in [0.15, 0.2) is 6.10 Å². The van der Waals surface area contributed by atoms with E-state index in [1.807, 2.05) is 0 Å². The Hall–Kier alpha value is -2.89. The largest absolute Gasteiger partial charge is 0.462 e. The molecular weight excluding hydrogens is 793 g/mol. The first-order chi connectivity index (χ1) is 31.5. The Morgan fingerprint density at radius 3 is 0.922 bits per heavy atom. The highest BCUT2D eigenvalue weighted by Crippen LogP contribution is 2.15. The lowest BCUT2D eigenvalue weighted by molar-refractivity contribution is -0.167. The number of allylic oxidation sites excluding steroid dienone is 10. The summed E-state index contributed by atoms with van der Waals surface area (Å²) in [6.45, 7) is 6.50. The minimum Gasteiger partial charge on any atom is -0.462 e. The molecule has 0 aliphatic carbocycles. The summed E-state index contributed by atoms with van der Waals surface area (Å²) in [6, 6.07) is 0. The molecule has 0 aliphatic heterocycles. The molecule has 0 aromatic carbocycles. The molecule has 0 aromatic heterocycles. The van der Waals surface area contributed by atoms with Crippen LogP contribution in [0.2, 0.25) is 0 Å². The molecule has 6 heteroatoms. The van der Waals surface area contributed by atoms with Crippen LogP contribution in [0.4, 0.5) is 0 Å². The third kappa shape index (κ3) is 50.1. The molecule has 0 radical (unpaired) electrons. The zero-order valence-corrected chi connectivity index (χ0v) is 42.3. The van der Waals surface area contributed by atoms with Crippen molar-refractivity contribution in [1.82, 2.24) is 0 Å². The molecule has 0 bridgehead atoms. The van der Waals surface area contributed by atoms with Crippen LogP contribution in [0.15, 0.2) is 60.8 Å². The van der Waals surface area contributed by atoms with Crippen LogP contribution in [-0.2, 0) is 28.6 Å². The van der Waals surface area contributed by atoms with E-state index in [1.54, 1.807) is 0 Å². The van der Waals surface area contributed by atoms with Crippen LogP contribution >= 0.6 is 0 Å². The molecule has 1 unspecified atom stereocenters. The van der Waals surface area contributed by atoms with Gasteiger partial charge in [-0.05, 0) is 83.5 Å². The SMILES string of the molecule is CCCC/C=C\C/C=C\CCCCCCCC(=O)OC(COC(=O)CCCCCCC)COC(=O)CCCCCCCCCCCCCC/C=C\C/C=C\C/C=C\CCCCCCC. The molecule has 0 aromatic rings. The summed E-state index contributed by atoms with van der Waals surface area (Å²) >= 11 is 0. The average molecular weight is 895 g/mol. The highest BCUT2D eigenvalue weighted by atomic mass is 16.6. The van der Waals surface area contributed by atoms with Gasteiger partial charge in [0.05, 0.1) is 0 Å². The summed E-state index contributed by atoms with van der Waals surface area (Å²) < 4.78 is 16.7. The predicted molar refractivity (Wildman–Crippen MR) is 275 cm³/mol. The van der Waals surface area contributed by atoms with E-state index in [0.29, 0.717) is 19.3 Å². The molecule has 0 aliphatic rings. The molecule has 0 saturated carbocycles. The normalized spacial score (nSPS) is 12.5. The predicted octanol–water partition coefficient (Wildman–Crippen LogP) is 18.0. The molecule has 0 spiro atoms. The van der Waals surface area contributed by atoms with Crippen molar-refractivity contribution in [3.63, 3.8) is 0 Å². The maximum Gasteiger partial charge on any atom is 0.306 e. The van der Waals surface area contributed by atoms with Gasteiger partial charge in [0, 0.05) is 19.3 Å². The summed E-state index contributed by atoms with van der Waals surface area (Å²) in [7, 11) is 0. The van der Waals surface area contributed by atoms with Gasteiger partial charge in [0.1, 0.15) is 13.2 Å². The van der Waals surface area contributed by atoms with Crippen LogP contribution in [0.3, 0.4) is 0 Å². The first-order valence-corrected chi connectivity index (χ1v) is 27.3. The fourth-order valence-electron chi connectivity index (χ4n) is 7.58. The second kappa shape index (κ2) is 52.7. The van der Waals surface area contributed by atoms with Crippen molar-refractivity contribution in [2.45, 2.75) is 277 Å². The number of rotatable bonds is 49. The fourth-order valence-corrected chi connectivity index (χ4v) is 7.58. The maximum atomic E-state index is 12.7. The summed E-state index contributed by atoms with van der Waals surface area (Å²) in [4.78, 5) is 37.7. The van der Waals surface area contributed by atoms with E-state index >= 15 is 0 Å². The highest BCUT2D eigenvalue weighted by molar-refractivity contribution is 5.71. The van der Waals surface area contributed by atoms with Gasteiger partial charge < -0.3 is 14.2 Å². The second-order valence-electron chi connectivity index (χ2n) is 18.1. The topological polar surface area (TPSA) is 78.9 Å². The minimum absolute atomic E-state index is 0.0803. The third-order valence-electron chi connectivity index (χ3n) is 11.7. The van der Waals surface area contributed by atoms with Gasteiger partial charge in [-0.3, -0.25) is 14.4 Å². The van der Waals surface area contributed by atoms with Crippen molar-refractivity contribution in [2.75, 3.05) is 13.2 Å². The van der Waals surface area contributed by atoms with Gasteiger partial charge in [-0.25, -0.2) is 0 Å². The summed E-state index contributed by atoms with van der Waals surface area (Å²) in [5, 5.41) is 0. The molecule has 0 heterocycles. The lowest BCUT2D eigenvalue weighted by atomic mass is 10.0. The Morgan fingerprint density at radius 1 is 0.312 bits per heavy atom. The monoisotopic (exact) mass is 895 g/mol. The van der Waals surface area contributed by atoms with Crippen LogP contribution in [0, 0.1) is 0 Å². The second-order valence-corrected chi connectivity index (χ2v) is 18.1. The first-order valence-electron chi connectivity index (χ1n) is 27.3. The standard InChI is InChI=1S/C58H102O6/c1-4-7-10-13-15-17-19-21-23-24-25-26-27-28-29-30-31-32-33-34-35-37-38-40-42-45-48-51-57(60)63-54-55(53-62-56(59)50-47-44-12-9-6-3)64-58(61)52-49-46-43-41-39-36-22-20-18-16-14-11-8-5-2/h14,16,19-22,24-25,27-28,55H,4-13,15,17-18,23,26,29-54H2,1-3H3/b16-14-,21-19-,22-20-,25-24-,28-27-. The van der Waals surface area contributed by atoms with Gasteiger partial charge in [0.25, 0.3) is 0 Å². The van der Waals surface area contributed by atoms with Crippen LogP contribution in [-0.4, -0.2) is 37.2 Å². The Labute approximate surface area is 396 Å². The Kier molecular flexibility index (Phi) is 50.4. The molecule has 0 rings (SSSR count). The Morgan fingerprint density at radius 2 is 0.578 bits per heavy atom. The third-order valence-corrected chi connectivity index (χ3v) is 11.7. The van der Waals surface area contributed by atoms with Gasteiger partial charge in [0.2, 0.25) is 0 Å². The van der Waals surface area contributed by atoms with Crippen molar-refractivity contribution < 1.29 is 28.6 Å². The molecule has 370 valence electrons. The highest BCUT2D eigenvalue weighted by Gasteiger charge is 2.19. The van der Waals surface area contributed by atoms with Crippen molar-refractivity contribution in [1.29, 1.82) is 0 Å². The molecule has 1 atom stereocenters. The quantitative estimate of drug-likeness (QED) is 0.0262. The van der Waals surface area contributed by atoms with Gasteiger partial charge >= 0.3 is 17.9 Å². The number of carbonyl (C=O) groups is 3. The Bertz CT molecular complexity index is 1170. The Balaban J connectivity index is 4.05. The smallest absolute Gasteiger partial charge is 0.306 e. The molecule has 0 fully saturated rings. The van der Waals surface area contributed by atoms with E-state index in [4.69, 9.17) is 14.2 Å². The van der Waals surface area contributed by atoms with Gasteiger partial charge in [-0.15, -0.1) is 0 Å². The zero-order chi connectivity index (χ0) is 46.5. The van der Waals surface area contributed by atoms with Crippen LogP contribution in [0.25, 0.3) is 0 Å². The summed E-state index contributed by atoms with van der Waals surface area (Å²) in [5.41, 5.74) is 0.